The number of anilines is 1. The number of Topliss-reactive ketones (excluding diaryl/α,β-unsaturated/α-hetero) is 1. The molecule has 0 aliphatic heterocycles. The summed E-state index contributed by atoms with van der Waals surface area (Å²) in [5.41, 5.74) is 7.45. The van der Waals surface area contributed by atoms with Crippen LogP contribution >= 0.6 is 0 Å². The summed E-state index contributed by atoms with van der Waals surface area (Å²) in [4.78, 5) is 19.9. The minimum atomic E-state index is -0.103. The zero-order chi connectivity index (χ0) is 10.9. The lowest BCUT2D eigenvalue weighted by Crippen LogP contribution is -2.15. The van der Waals surface area contributed by atoms with Crippen LogP contribution in [-0.4, -0.2) is 15.8 Å². The fraction of sp³-hybridized carbons (Fsp3) is 0.500. The number of hydrogen-bond acceptors (Lipinski definition) is 4. The maximum atomic E-state index is 11.6. The summed E-state index contributed by atoms with van der Waals surface area (Å²) < 4.78 is 0. The van der Waals surface area contributed by atoms with Crippen LogP contribution in [0.4, 0.5) is 5.82 Å². The molecule has 14 heavy (non-hydrogen) atoms. The first kappa shape index (κ1) is 10.6. The number of aromatic nitrogens is 2. The predicted molar refractivity (Wildman–Crippen MR) is 55.1 cm³/mol. The minimum absolute atomic E-state index is 0.0573. The molecule has 0 saturated heterocycles. The van der Waals surface area contributed by atoms with Gasteiger partial charge in [-0.2, -0.15) is 0 Å². The number of nitrogens with zero attached hydrogens (tertiary/aromatic N) is 2. The highest BCUT2D eigenvalue weighted by Crippen LogP contribution is 2.13. The molecule has 0 amide bonds. The van der Waals surface area contributed by atoms with Gasteiger partial charge in [0.05, 0.1) is 11.4 Å². The number of nitrogen functional groups attached to an aromatic ring is 1. The van der Waals surface area contributed by atoms with Crippen molar-refractivity contribution in [2.75, 3.05) is 5.73 Å². The molecule has 0 fully saturated rings. The Balaban J connectivity index is 3.22. The van der Waals surface area contributed by atoms with Gasteiger partial charge in [-0.25, -0.2) is 9.97 Å². The topological polar surface area (TPSA) is 68.9 Å². The Morgan fingerprint density at radius 2 is 1.71 bits per heavy atom. The number of carbonyl (C=O) groups excluding carboxylic acids is 1. The fourth-order valence-electron chi connectivity index (χ4n) is 1.08. The summed E-state index contributed by atoms with van der Waals surface area (Å²) in [6.45, 7) is 7.28. The molecular formula is C10H15N3O. The first-order valence-electron chi connectivity index (χ1n) is 4.58. The molecule has 0 unspecified atom stereocenters. The van der Waals surface area contributed by atoms with Crippen LogP contribution in [0, 0.1) is 19.8 Å². The maximum Gasteiger partial charge on any atom is 0.187 e. The van der Waals surface area contributed by atoms with Crippen LogP contribution in [0.3, 0.4) is 0 Å². The Hall–Kier alpha value is -1.45. The third-order valence-corrected chi connectivity index (χ3v) is 2.09. The Kier molecular flexibility index (Phi) is 2.84. The summed E-state index contributed by atoms with van der Waals surface area (Å²) in [6, 6.07) is 0. The highest BCUT2D eigenvalue weighted by Gasteiger charge is 2.17. The van der Waals surface area contributed by atoms with E-state index in [-0.39, 0.29) is 17.5 Å². The SMILES string of the molecule is Cc1nc(N)c(C(=O)C(C)C)nc1C. The second kappa shape index (κ2) is 3.74. The summed E-state index contributed by atoms with van der Waals surface area (Å²) in [5.74, 6) is 0.0682. The number of hydrogen-bond donors (Lipinski definition) is 1. The van der Waals surface area contributed by atoms with E-state index in [1.165, 1.54) is 0 Å². The van der Waals surface area contributed by atoms with E-state index in [0.29, 0.717) is 5.69 Å². The Labute approximate surface area is 83.6 Å². The van der Waals surface area contributed by atoms with Crippen molar-refractivity contribution in [2.45, 2.75) is 27.7 Å². The smallest absolute Gasteiger partial charge is 0.187 e. The van der Waals surface area contributed by atoms with Crippen molar-refractivity contribution in [1.82, 2.24) is 9.97 Å². The molecule has 0 radical (unpaired) electrons. The molecule has 0 aliphatic carbocycles. The molecule has 1 rings (SSSR count). The molecule has 2 N–H and O–H groups in total. The summed E-state index contributed by atoms with van der Waals surface area (Å²) in [5, 5.41) is 0. The largest absolute Gasteiger partial charge is 0.382 e. The normalized spacial score (nSPS) is 10.6. The molecule has 0 aliphatic rings. The Morgan fingerprint density at radius 1 is 1.21 bits per heavy atom. The fourth-order valence-corrected chi connectivity index (χ4v) is 1.08. The minimum Gasteiger partial charge on any atom is -0.382 e. The van der Waals surface area contributed by atoms with Crippen LogP contribution in [0.25, 0.3) is 0 Å². The number of ketones is 1. The lowest BCUT2D eigenvalue weighted by Gasteiger charge is -2.08. The van der Waals surface area contributed by atoms with E-state index in [1.807, 2.05) is 27.7 Å². The lowest BCUT2D eigenvalue weighted by atomic mass is 10.1. The molecule has 0 bridgehead atoms. The summed E-state index contributed by atoms with van der Waals surface area (Å²) in [6.07, 6.45) is 0. The van der Waals surface area contributed by atoms with Crippen molar-refractivity contribution in [1.29, 1.82) is 0 Å². The molecule has 0 saturated carbocycles. The third-order valence-electron chi connectivity index (χ3n) is 2.09. The van der Waals surface area contributed by atoms with Gasteiger partial charge >= 0.3 is 0 Å². The van der Waals surface area contributed by atoms with E-state index in [1.54, 1.807) is 0 Å². The second-order valence-electron chi connectivity index (χ2n) is 3.65. The van der Waals surface area contributed by atoms with Gasteiger partial charge in [0.2, 0.25) is 0 Å². The molecule has 0 aromatic carbocycles. The van der Waals surface area contributed by atoms with Crippen LogP contribution in [0.5, 0.6) is 0 Å². The van der Waals surface area contributed by atoms with Gasteiger partial charge in [-0.1, -0.05) is 13.8 Å². The van der Waals surface area contributed by atoms with Gasteiger partial charge in [-0.3, -0.25) is 4.79 Å². The molecule has 1 heterocycles. The first-order valence-corrected chi connectivity index (χ1v) is 4.58. The number of carbonyl (C=O) groups is 1. The van der Waals surface area contributed by atoms with Crippen molar-refractivity contribution in [2.24, 2.45) is 5.92 Å². The van der Waals surface area contributed by atoms with E-state index in [9.17, 15) is 4.79 Å². The number of rotatable bonds is 2. The van der Waals surface area contributed by atoms with E-state index in [2.05, 4.69) is 9.97 Å². The maximum absolute atomic E-state index is 11.6. The number of aryl methyl sites for hydroxylation is 2. The summed E-state index contributed by atoms with van der Waals surface area (Å²) in [7, 11) is 0. The van der Waals surface area contributed by atoms with Gasteiger partial charge in [0, 0.05) is 5.92 Å². The van der Waals surface area contributed by atoms with Crippen LogP contribution < -0.4 is 5.73 Å². The van der Waals surface area contributed by atoms with E-state index in [4.69, 9.17) is 5.73 Å². The van der Waals surface area contributed by atoms with Crippen LogP contribution in [0.15, 0.2) is 0 Å². The Bertz CT molecular complexity index is 372. The molecule has 1 aromatic heterocycles. The molecule has 4 nitrogen and oxygen atoms in total. The average Bonchev–Trinajstić information content (AvgIpc) is 2.10. The van der Waals surface area contributed by atoms with Gasteiger partial charge in [0.15, 0.2) is 11.6 Å². The quantitative estimate of drug-likeness (QED) is 0.723. The Morgan fingerprint density at radius 3 is 2.21 bits per heavy atom. The zero-order valence-corrected chi connectivity index (χ0v) is 8.96. The lowest BCUT2D eigenvalue weighted by molar-refractivity contribution is 0.0935. The van der Waals surface area contributed by atoms with Crippen LogP contribution in [0.2, 0.25) is 0 Å². The standard InChI is InChI=1S/C10H15N3O/c1-5(2)9(14)8-10(11)13-7(4)6(3)12-8/h5H,1-4H3,(H2,11,13). The molecule has 1 aromatic rings. The van der Waals surface area contributed by atoms with Gasteiger partial charge in [-0.15, -0.1) is 0 Å². The highest BCUT2D eigenvalue weighted by atomic mass is 16.1. The van der Waals surface area contributed by atoms with Crippen LogP contribution in [-0.2, 0) is 0 Å². The highest BCUT2D eigenvalue weighted by molar-refractivity contribution is 5.99. The van der Waals surface area contributed by atoms with Gasteiger partial charge < -0.3 is 5.73 Å². The van der Waals surface area contributed by atoms with Crippen molar-refractivity contribution in [3.05, 3.63) is 17.1 Å². The van der Waals surface area contributed by atoms with Crippen molar-refractivity contribution in [3.8, 4) is 0 Å². The summed E-state index contributed by atoms with van der Waals surface area (Å²) >= 11 is 0. The van der Waals surface area contributed by atoms with E-state index < -0.39 is 0 Å². The van der Waals surface area contributed by atoms with E-state index >= 15 is 0 Å². The molecule has 0 atom stereocenters. The monoisotopic (exact) mass is 193 g/mol. The van der Waals surface area contributed by atoms with Gasteiger partial charge in [0.1, 0.15) is 5.69 Å². The van der Waals surface area contributed by atoms with E-state index in [0.717, 1.165) is 11.4 Å². The van der Waals surface area contributed by atoms with Crippen molar-refractivity contribution < 1.29 is 4.79 Å². The van der Waals surface area contributed by atoms with Crippen molar-refractivity contribution in [3.63, 3.8) is 0 Å². The molecule has 4 heteroatoms. The third kappa shape index (κ3) is 1.89. The molecular weight excluding hydrogens is 178 g/mol. The number of nitrogens with two attached hydrogens (primary N) is 1. The molecule has 0 spiro atoms. The average molecular weight is 193 g/mol. The van der Waals surface area contributed by atoms with Crippen LogP contribution in [0.1, 0.15) is 35.7 Å². The van der Waals surface area contributed by atoms with Gasteiger partial charge in [-0.05, 0) is 13.8 Å². The predicted octanol–water partition coefficient (Wildman–Crippen LogP) is 1.51. The first-order chi connectivity index (χ1) is 6.43. The zero-order valence-electron chi connectivity index (χ0n) is 8.96. The van der Waals surface area contributed by atoms with Crippen molar-refractivity contribution >= 4 is 11.6 Å². The van der Waals surface area contributed by atoms with Gasteiger partial charge in [0.25, 0.3) is 0 Å². The molecule has 76 valence electrons. The second-order valence-corrected chi connectivity index (χ2v) is 3.65.